The number of hydrogen-bond acceptors (Lipinski definition) is 18. The molecule has 0 aromatic rings. The highest BCUT2D eigenvalue weighted by molar-refractivity contribution is 5.69. The molecule has 0 bridgehead atoms. The van der Waals surface area contributed by atoms with Crippen LogP contribution in [0.2, 0.25) is 0 Å². The topological polar surface area (TPSA) is 273 Å². The number of carbonyl (C=O) groups is 1. The minimum Gasteiger partial charge on any atom is -0.460 e. The molecule has 0 aliphatic rings. The van der Waals surface area contributed by atoms with Crippen molar-refractivity contribution in [1.82, 2.24) is 0 Å². The Morgan fingerprint density at radius 1 is 0.358 bits per heavy atom. The molecule has 0 saturated heterocycles. The van der Waals surface area contributed by atoms with Crippen molar-refractivity contribution in [3.63, 3.8) is 0 Å². The van der Waals surface area contributed by atoms with Crippen LogP contribution in [0.3, 0.4) is 0 Å². The lowest BCUT2D eigenvalue weighted by molar-refractivity contribution is -0.253. The highest BCUT2D eigenvalue weighted by atomic mass is 16.7. The van der Waals surface area contributed by atoms with Crippen molar-refractivity contribution < 1.29 is 88.6 Å². The Balaban J connectivity index is 3.71. The van der Waals surface area contributed by atoms with Gasteiger partial charge >= 0.3 is 5.97 Å². The fraction of sp³-hybridized carbons (Fsp3) is 0.971. The molecule has 0 spiro atoms. The quantitative estimate of drug-likeness (QED) is 0.0237. The van der Waals surface area contributed by atoms with Gasteiger partial charge in [-0.15, -0.1) is 0 Å². The second-order valence-corrected chi connectivity index (χ2v) is 12.7. The largest absolute Gasteiger partial charge is 0.460 e. The van der Waals surface area contributed by atoms with Gasteiger partial charge in [-0.1, -0.05) is 103 Å². The van der Waals surface area contributed by atoms with Gasteiger partial charge in [0.15, 0.2) is 50.3 Å². The highest BCUT2D eigenvalue weighted by Gasteiger charge is 2.18. The molecule has 0 aliphatic carbocycles. The first kappa shape index (κ1) is 51.8. The van der Waals surface area contributed by atoms with E-state index in [1.54, 1.807) is 0 Å². The van der Waals surface area contributed by atoms with E-state index in [4.69, 9.17) is 43.4 Å². The number of ether oxygens (including phenoxy) is 8. The van der Waals surface area contributed by atoms with Gasteiger partial charge in [0.2, 0.25) is 0 Å². The maximum atomic E-state index is 11.9. The Kier molecular flexibility index (Phi) is 35.7. The van der Waals surface area contributed by atoms with E-state index in [0.717, 1.165) is 19.3 Å². The fourth-order valence-electron chi connectivity index (χ4n) is 4.75. The number of aliphatic hydroxyl groups excluding tert-OH is 8. The van der Waals surface area contributed by atoms with Crippen LogP contribution >= 0.6 is 0 Å². The van der Waals surface area contributed by atoms with Crippen molar-refractivity contribution >= 4 is 5.97 Å². The number of rotatable bonds is 40. The Morgan fingerprint density at radius 2 is 0.604 bits per heavy atom. The lowest BCUT2D eigenvalue weighted by Crippen LogP contribution is -2.33. The molecule has 0 radical (unpaired) electrons. The number of hydrogen-bond donors (Lipinski definition) is 9. The number of carbonyl (C=O) groups excluding carboxylic acids is 1. The lowest BCUT2D eigenvalue weighted by Gasteiger charge is -2.20. The maximum absolute atomic E-state index is 11.9. The van der Waals surface area contributed by atoms with Gasteiger partial charge < -0.3 is 83.9 Å². The summed E-state index contributed by atoms with van der Waals surface area (Å²) >= 11 is 0. The Labute approximate surface area is 313 Å². The van der Waals surface area contributed by atoms with Crippen molar-refractivity contribution in [2.75, 3.05) is 52.9 Å². The summed E-state index contributed by atoms with van der Waals surface area (Å²) in [7, 11) is 0. The zero-order valence-electron chi connectivity index (χ0n) is 31.5. The minimum absolute atomic E-state index is 0.243. The molecule has 7 unspecified atom stereocenters. The van der Waals surface area contributed by atoms with Gasteiger partial charge in [-0.3, -0.25) is 4.79 Å². The van der Waals surface area contributed by atoms with Gasteiger partial charge in [-0.25, -0.2) is 0 Å². The molecule has 9 N–H and O–H groups in total. The minimum atomic E-state index is -1.79. The molecule has 0 heterocycles. The molecule has 0 fully saturated rings. The Hall–Kier alpha value is -1.17. The average Bonchev–Trinajstić information content (AvgIpc) is 3.13. The SMILES string of the molecule is CCCCCCCCCCCCCCCCCCC(=O)OCC(O)OCC(O)OCC(O)OCC(O)OCC(O)OCC(O)OCC(O)OCC(O)O. The molecule has 0 aliphatic heterocycles. The van der Waals surface area contributed by atoms with E-state index in [1.807, 2.05) is 0 Å². The van der Waals surface area contributed by atoms with Gasteiger partial charge in [0.1, 0.15) is 52.9 Å². The van der Waals surface area contributed by atoms with E-state index in [-0.39, 0.29) is 6.42 Å². The van der Waals surface area contributed by atoms with E-state index < -0.39 is 109 Å². The summed E-state index contributed by atoms with van der Waals surface area (Å²) in [6.45, 7) is -2.04. The van der Waals surface area contributed by atoms with Crippen LogP contribution in [0.4, 0.5) is 0 Å². The Bertz CT molecular complexity index is 796. The highest BCUT2D eigenvalue weighted by Crippen LogP contribution is 2.14. The molecule has 53 heavy (non-hydrogen) atoms. The maximum Gasteiger partial charge on any atom is 0.305 e. The summed E-state index contributed by atoms with van der Waals surface area (Å²) in [6, 6.07) is 0. The molecule has 18 heteroatoms. The van der Waals surface area contributed by atoms with Crippen LogP contribution in [0.15, 0.2) is 0 Å². The van der Waals surface area contributed by atoms with Gasteiger partial charge in [-0.05, 0) is 6.42 Å². The Morgan fingerprint density at radius 3 is 0.887 bits per heavy atom. The zero-order valence-corrected chi connectivity index (χ0v) is 31.5. The van der Waals surface area contributed by atoms with Crippen LogP contribution in [0.5, 0.6) is 0 Å². The fourth-order valence-corrected chi connectivity index (χ4v) is 4.75. The van der Waals surface area contributed by atoms with E-state index in [9.17, 15) is 40.5 Å². The van der Waals surface area contributed by atoms with Crippen LogP contribution in [0, 0.1) is 0 Å². The smallest absolute Gasteiger partial charge is 0.305 e. The average molecular weight is 779 g/mol. The number of aliphatic hydroxyl groups is 9. The van der Waals surface area contributed by atoms with Crippen molar-refractivity contribution in [2.45, 2.75) is 166 Å². The second kappa shape index (κ2) is 36.5. The summed E-state index contributed by atoms with van der Waals surface area (Å²) in [4.78, 5) is 11.9. The molecular formula is C35H70O18. The van der Waals surface area contributed by atoms with Gasteiger partial charge in [0.05, 0.1) is 0 Å². The number of unbranched alkanes of at least 4 members (excludes halogenated alkanes) is 15. The first-order valence-electron chi connectivity index (χ1n) is 19.0. The van der Waals surface area contributed by atoms with E-state index >= 15 is 0 Å². The van der Waals surface area contributed by atoms with Crippen LogP contribution < -0.4 is 0 Å². The standard InChI is InChI=1S/C35H70O18/c1-2-3-4-5-6-7-8-9-10-11-12-13-14-15-16-17-18-28(38)47-20-30(40)49-22-32(42)51-24-34(44)53-26-35(45)52-25-33(43)50-23-31(41)48-21-29(39)46-19-27(36)37/h27,29-37,39-45H,2-26H2,1H3. The van der Waals surface area contributed by atoms with E-state index in [1.165, 1.54) is 77.0 Å². The van der Waals surface area contributed by atoms with Crippen LogP contribution in [0.1, 0.15) is 116 Å². The summed E-state index contributed by atoms with van der Waals surface area (Å²) in [5, 5.41) is 85.2. The third-order valence-electron chi connectivity index (χ3n) is 7.65. The summed E-state index contributed by atoms with van der Waals surface area (Å²) in [5.41, 5.74) is 0. The predicted molar refractivity (Wildman–Crippen MR) is 187 cm³/mol. The monoisotopic (exact) mass is 778 g/mol. The molecule has 0 amide bonds. The van der Waals surface area contributed by atoms with Crippen molar-refractivity contribution in [3.8, 4) is 0 Å². The molecule has 7 atom stereocenters. The van der Waals surface area contributed by atoms with Gasteiger partial charge in [0.25, 0.3) is 0 Å². The van der Waals surface area contributed by atoms with Crippen molar-refractivity contribution in [2.24, 2.45) is 0 Å². The second-order valence-electron chi connectivity index (χ2n) is 12.7. The normalized spacial score (nSPS) is 16.0. The van der Waals surface area contributed by atoms with E-state index in [2.05, 4.69) is 11.7 Å². The summed E-state index contributed by atoms with van der Waals surface area (Å²) < 4.78 is 38.9. The first-order chi connectivity index (χ1) is 25.4. The van der Waals surface area contributed by atoms with E-state index in [0.29, 0.717) is 6.42 Å². The van der Waals surface area contributed by atoms with Crippen LogP contribution in [-0.2, 0) is 42.7 Å². The molecule has 0 aromatic carbocycles. The third-order valence-corrected chi connectivity index (χ3v) is 7.65. The van der Waals surface area contributed by atoms with Gasteiger partial charge in [0, 0.05) is 6.42 Å². The molecule has 318 valence electrons. The summed E-state index contributed by atoms with van der Waals surface area (Å²) in [6.07, 6.45) is 7.23. The zero-order chi connectivity index (χ0) is 39.5. The van der Waals surface area contributed by atoms with Gasteiger partial charge in [-0.2, -0.15) is 0 Å². The first-order valence-corrected chi connectivity index (χ1v) is 19.0. The van der Waals surface area contributed by atoms with Crippen molar-refractivity contribution in [3.05, 3.63) is 0 Å². The third kappa shape index (κ3) is 37.5. The molecule has 0 rings (SSSR count). The number of esters is 1. The van der Waals surface area contributed by atoms with Crippen molar-refractivity contribution in [1.29, 1.82) is 0 Å². The van der Waals surface area contributed by atoms with Crippen LogP contribution in [-0.4, -0.2) is 155 Å². The lowest BCUT2D eigenvalue weighted by atomic mass is 10.0. The van der Waals surface area contributed by atoms with Crippen LogP contribution in [0.25, 0.3) is 0 Å². The summed E-state index contributed by atoms with van der Waals surface area (Å²) in [5.74, 6) is -0.449. The molecule has 18 nitrogen and oxygen atoms in total. The molecule has 0 aromatic heterocycles. The predicted octanol–water partition coefficient (Wildman–Crippen LogP) is 0.837. The molecule has 0 saturated carbocycles. The molecular weight excluding hydrogens is 708 g/mol.